The van der Waals surface area contributed by atoms with Crippen molar-refractivity contribution in [2.45, 2.75) is 45.4 Å². The molecule has 0 bridgehead atoms. The van der Waals surface area contributed by atoms with Gasteiger partial charge in [0.15, 0.2) is 0 Å². The average Bonchev–Trinajstić information content (AvgIpc) is 2.90. The van der Waals surface area contributed by atoms with Crippen LogP contribution in [-0.2, 0) is 4.79 Å². The van der Waals surface area contributed by atoms with Crippen molar-refractivity contribution in [3.05, 3.63) is 47.3 Å². The number of hydrogen-bond donors (Lipinski definition) is 2. The second-order valence-electron chi connectivity index (χ2n) is 8.14. The molecule has 0 saturated heterocycles. The third-order valence-corrected chi connectivity index (χ3v) is 7.19. The van der Waals surface area contributed by atoms with Gasteiger partial charge in [-0.1, -0.05) is 36.8 Å². The first-order valence-electron chi connectivity index (χ1n) is 9.17. The Morgan fingerprint density at radius 2 is 2.21 bits per heavy atom. The summed E-state index contributed by atoms with van der Waals surface area (Å²) in [6, 6.07) is 0. The van der Waals surface area contributed by atoms with Crippen molar-refractivity contribution < 1.29 is 15.0 Å². The van der Waals surface area contributed by atoms with E-state index < -0.39 is 5.97 Å². The lowest BCUT2D eigenvalue weighted by molar-refractivity contribution is -0.136. The molecule has 5 atom stereocenters. The van der Waals surface area contributed by atoms with E-state index in [1.54, 1.807) is 0 Å². The molecular formula is C21H26O3. The number of carboxylic acid groups (broad SMARTS) is 1. The Kier molecular flexibility index (Phi) is 3.70. The van der Waals surface area contributed by atoms with E-state index in [4.69, 9.17) is 0 Å². The summed E-state index contributed by atoms with van der Waals surface area (Å²) in [7, 11) is 0. The summed E-state index contributed by atoms with van der Waals surface area (Å²) in [5, 5.41) is 18.8. The van der Waals surface area contributed by atoms with E-state index in [1.807, 2.05) is 0 Å². The maximum atomic E-state index is 11.2. The van der Waals surface area contributed by atoms with Gasteiger partial charge in [0.25, 0.3) is 0 Å². The van der Waals surface area contributed by atoms with Crippen LogP contribution in [0.3, 0.4) is 0 Å². The molecule has 4 aliphatic carbocycles. The van der Waals surface area contributed by atoms with Crippen molar-refractivity contribution in [1.29, 1.82) is 0 Å². The molecule has 2 fully saturated rings. The fourth-order valence-electron chi connectivity index (χ4n) is 5.97. The maximum Gasteiger partial charge on any atom is 0.307 e. The largest absolute Gasteiger partial charge is 0.516 e. The highest BCUT2D eigenvalue weighted by Crippen LogP contribution is 2.62. The molecule has 2 N–H and O–H groups in total. The van der Waals surface area contributed by atoms with Crippen molar-refractivity contribution in [2.75, 3.05) is 0 Å². The molecule has 0 radical (unpaired) electrons. The first kappa shape index (κ1) is 15.7. The number of aliphatic hydroxyl groups is 1. The quantitative estimate of drug-likeness (QED) is 0.567. The minimum Gasteiger partial charge on any atom is -0.516 e. The number of fused-ring (bicyclic) bond motifs is 5. The number of carboxylic acids is 1. The van der Waals surface area contributed by atoms with Crippen LogP contribution >= 0.6 is 0 Å². The predicted molar refractivity (Wildman–Crippen MR) is 93.4 cm³/mol. The van der Waals surface area contributed by atoms with Crippen molar-refractivity contribution in [1.82, 2.24) is 0 Å². The summed E-state index contributed by atoms with van der Waals surface area (Å²) in [5.74, 6) is 1.39. The highest BCUT2D eigenvalue weighted by Gasteiger charge is 2.53. The van der Waals surface area contributed by atoms with Gasteiger partial charge in [0.1, 0.15) is 0 Å². The first-order chi connectivity index (χ1) is 11.5. The highest BCUT2D eigenvalue weighted by molar-refractivity contribution is 5.71. The Labute approximate surface area is 143 Å². The van der Waals surface area contributed by atoms with E-state index in [0.717, 1.165) is 37.7 Å². The molecule has 2 saturated carbocycles. The van der Waals surface area contributed by atoms with Gasteiger partial charge in [0, 0.05) is 5.92 Å². The molecule has 4 aliphatic rings. The second-order valence-corrected chi connectivity index (χ2v) is 8.14. The number of aliphatic hydroxyl groups excluding tert-OH is 1. The van der Waals surface area contributed by atoms with Gasteiger partial charge in [0.05, 0.1) is 12.7 Å². The minimum atomic E-state index is -0.730. The lowest BCUT2D eigenvalue weighted by atomic mass is 9.54. The normalized spacial score (nSPS) is 42.0. The molecule has 0 heterocycles. The highest BCUT2D eigenvalue weighted by atomic mass is 16.4. The van der Waals surface area contributed by atoms with E-state index in [1.165, 1.54) is 17.4 Å². The van der Waals surface area contributed by atoms with Gasteiger partial charge in [-0.3, -0.25) is 4.79 Å². The second kappa shape index (κ2) is 5.65. The first-order valence-corrected chi connectivity index (χ1v) is 9.17. The van der Waals surface area contributed by atoms with Crippen molar-refractivity contribution >= 4 is 5.97 Å². The summed E-state index contributed by atoms with van der Waals surface area (Å²) in [6.45, 7) is 2.33. The smallest absolute Gasteiger partial charge is 0.307 e. The van der Waals surface area contributed by atoms with E-state index in [2.05, 4.69) is 31.2 Å². The van der Waals surface area contributed by atoms with Crippen LogP contribution in [0.15, 0.2) is 47.3 Å². The molecule has 0 aromatic carbocycles. The summed E-state index contributed by atoms with van der Waals surface area (Å²) >= 11 is 0. The molecule has 0 aliphatic heterocycles. The SMILES string of the molecule is C[C@]12CC[C@H]3[C@@H](C=CC4=C(CC(=O)O)CC=C[C@@H]43)[C@@H]1CC/C2=C/O. The van der Waals surface area contributed by atoms with E-state index in [-0.39, 0.29) is 11.8 Å². The Morgan fingerprint density at radius 1 is 1.38 bits per heavy atom. The van der Waals surface area contributed by atoms with E-state index in [9.17, 15) is 15.0 Å². The van der Waals surface area contributed by atoms with Gasteiger partial charge in [-0.05, 0) is 66.4 Å². The Hall–Kier alpha value is -1.77. The summed E-state index contributed by atoms with van der Waals surface area (Å²) in [4.78, 5) is 11.2. The van der Waals surface area contributed by atoms with Gasteiger partial charge in [-0.2, -0.15) is 0 Å². The number of allylic oxidation sites excluding steroid dienone is 6. The Balaban J connectivity index is 1.70. The molecule has 3 nitrogen and oxygen atoms in total. The van der Waals surface area contributed by atoms with Gasteiger partial charge >= 0.3 is 5.97 Å². The minimum absolute atomic E-state index is 0.143. The fraction of sp³-hybridized carbons (Fsp3) is 0.571. The zero-order valence-electron chi connectivity index (χ0n) is 14.2. The van der Waals surface area contributed by atoms with Crippen molar-refractivity contribution in [3.8, 4) is 0 Å². The van der Waals surface area contributed by atoms with Crippen LogP contribution < -0.4 is 0 Å². The molecule has 0 aromatic heterocycles. The molecule has 0 amide bonds. The number of rotatable bonds is 2. The van der Waals surface area contributed by atoms with Crippen LogP contribution in [0.4, 0.5) is 0 Å². The van der Waals surface area contributed by atoms with Crippen LogP contribution in [0.1, 0.15) is 45.4 Å². The number of carbonyl (C=O) groups is 1. The van der Waals surface area contributed by atoms with Crippen molar-refractivity contribution in [2.24, 2.45) is 29.1 Å². The number of hydrogen-bond acceptors (Lipinski definition) is 2. The van der Waals surface area contributed by atoms with Crippen LogP contribution in [0.2, 0.25) is 0 Å². The third-order valence-electron chi connectivity index (χ3n) is 7.19. The van der Waals surface area contributed by atoms with E-state index in [0.29, 0.717) is 23.7 Å². The van der Waals surface area contributed by atoms with Gasteiger partial charge in [0.2, 0.25) is 0 Å². The fourth-order valence-corrected chi connectivity index (χ4v) is 5.97. The number of aliphatic carboxylic acids is 1. The molecule has 4 rings (SSSR count). The summed E-state index contributed by atoms with van der Waals surface area (Å²) in [6.07, 6.45) is 15.8. The standard InChI is InChI=1S/C21H26O3/c1-21-10-9-17-16-4-2-3-13(11-20(23)24)15(16)6-7-18(17)19(21)8-5-14(21)12-22/h2,4,6-7,12,16-19,22H,3,5,8-11H2,1H3,(H,23,24)/b14-12-/t16-,17+,18+,19-,21+/m0/s1. The lowest BCUT2D eigenvalue weighted by Gasteiger charge is -2.50. The molecular weight excluding hydrogens is 300 g/mol. The maximum absolute atomic E-state index is 11.2. The zero-order chi connectivity index (χ0) is 16.9. The molecule has 128 valence electrons. The predicted octanol–water partition coefficient (Wildman–Crippen LogP) is 4.79. The summed E-state index contributed by atoms with van der Waals surface area (Å²) in [5.41, 5.74) is 3.72. The molecule has 24 heavy (non-hydrogen) atoms. The van der Waals surface area contributed by atoms with Gasteiger partial charge in [-0.15, -0.1) is 0 Å². The Bertz CT molecular complexity index is 681. The third kappa shape index (κ3) is 2.21. The Morgan fingerprint density at radius 3 is 2.96 bits per heavy atom. The average molecular weight is 326 g/mol. The molecule has 0 spiro atoms. The molecule has 0 unspecified atom stereocenters. The van der Waals surface area contributed by atoms with Gasteiger partial charge < -0.3 is 10.2 Å². The van der Waals surface area contributed by atoms with Crippen LogP contribution in [-0.4, -0.2) is 16.2 Å². The summed E-state index contributed by atoms with van der Waals surface area (Å²) < 4.78 is 0. The van der Waals surface area contributed by atoms with Crippen LogP contribution in [0.25, 0.3) is 0 Å². The van der Waals surface area contributed by atoms with Gasteiger partial charge in [-0.25, -0.2) is 0 Å². The zero-order valence-corrected chi connectivity index (χ0v) is 14.2. The van der Waals surface area contributed by atoms with Crippen molar-refractivity contribution in [3.63, 3.8) is 0 Å². The topological polar surface area (TPSA) is 57.5 Å². The monoisotopic (exact) mass is 326 g/mol. The van der Waals surface area contributed by atoms with Crippen LogP contribution in [0.5, 0.6) is 0 Å². The van der Waals surface area contributed by atoms with Crippen LogP contribution in [0, 0.1) is 29.1 Å². The molecule has 3 heteroatoms. The van der Waals surface area contributed by atoms with E-state index >= 15 is 0 Å². The molecule has 0 aromatic rings. The lowest BCUT2D eigenvalue weighted by Crippen LogP contribution is -2.42.